The van der Waals surface area contributed by atoms with Crippen molar-refractivity contribution in [1.82, 2.24) is 19.7 Å². The molecule has 1 aliphatic heterocycles. The van der Waals surface area contributed by atoms with E-state index in [1.807, 2.05) is 18.2 Å². The molecule has 0 saturated carbocycles. The van der Waals surface area contributed by atoms with Crippen molar-refractivity contribution in [3.63, 3.8) is 0 Å². The van der Waals surface area contributed by atoms with Crippen LogP contribution in [0.4, 0.5) is 4.39 Å². The summed E-state index contributed by atoms with van der Waals surface area (Å²) in [6, 6.07) is 13.7. The van der Waals surface area contributed by atoms with Gasteiger partial charge in [0, 0.05) is 13.1 Å². The van der Waals surface area contributed by atoms with E-state index in [0.717, 1.165) is 12.0 Å². The van der Waals surface area contributed by atoms with Crippen molar-refractivity contribution in [3.8, 4) is 0 Å². The van der Waals surface area contributed by atoms with E-state index in [4.69, 9.17) is 0 Å². The Kier molecular flexibility index (Phi) is 4.68. The topological polar surface area (TPSA) is 71.2 Å². The number of amides is 1. The van der Waals surface area contributed by atoms with Crippen molar-refractivity contribution in [3.05, 3.63) is 83.2 Å². The zero-order valence-electron chi connectivity index (χ0n) is 14.6. The number of fused-ring (bicyclic) bond motifs is 1. The molecule has 0 radical (unpaired) electrons. The molecule has 0 saturated heterocycles. The molecular weight excluding hydrogens is 347 g/mol. The van der Waals surface area contributed by atoms with Gasteiger partial charge in [-0.05, 0) is 35.2 Å². The summed E-state index contributed by atoms with van der Waals surface area (Å²) >= 11 is 0. The predicted octanol–water partition coefficient (Wildman–Crippen LogP) is 2.35. The van der Waals surface area contributed by atoms with E-state index >= 15 is 0 Å². The maximum atomic E-state index is 13.0. The van der Waals surface area contributed by atoms with Crippen molar-refractivity contribution in [2.75, 3.05) is 6.54 Å². The van der Waals surface area contributed by atoms with Gasteiger partial charge in [0.1, 0.15) is 12.1 Å². The monoisotopic (exact) mass is 366 g/mol. The number of aliphatic hydroxyl groups is 1. The molecule has 3 aromatic rings. The Bertz CT molecular complexity index is 955. The van der Waals surface area contributed by atoms with Gasteiger partial charge in [-0.3, -0.25) is 4.79 Å². The molecule has 0 spiro atoms. The minimum absolute atomic E-state index is 0.112. The summed E-state index contributed by atoms with van der Waals surface area (Å²) in [6.07, 6.45) is 1.38. The highest BCUT2D eigenvalue weighted by atomic mass is 19.1. The summed E-state index contributed by atoms with van der Waals surface area (Å²) in [5.41, 5.74) is 2.98. The quantitative estimate of drug-likeness (QED) is 0.769. The number of aromatic nitrogens is 3. The molecule has 1 aromatic heterocycles. The molecular formula is C20H19FN4O2. The third-order valence-corrected chi connectivity index (χ3v) is 4.76. The molecule has 1 atom stereocenters. The van der Waals surface area contributed by atoms with Gasteiger partial charge in [-0.25, -0.2) is 14.1 Å². The van der Waals surface area contributed by atoms with Crippen LogP contribution in [-0.4, -0.2) is 37.2 Å². The second kappa shape index (κ2) is 7.28. The first-order chi connectivity index (χ1) is 13.1. The lowest BCUT2D eigenvalue weighted by Gasteiger charge is -2.27. The van der Waals surface area contributed by atoms with Crippen molar-refractivity contribution < 1.29 is 14.3 Å². The van der Waals surface area contributed by atoms with Crippen LogP contribution in [0.3, 0.4) is 0 Å². The maximum Gasteiger partial charge on any atom is 0.293 e. The molecule has 7 heteroatoms. The Morgan fingerprint density at radius 2 is 1.89 bits per heavy atom. The molecule has 2 aromatic carbocycles. The van der Waals surface area contributed by atoms with Gasteiger partial charge in [0.25, 0.3) is 5.91 Å². The molecule has 0 fully saturated rings. The minimum atomic E-state index is -0.864. The summed E-state index contributed by atoms with van der Waals surface area (Å²) in [5.74, 6) is -0.470. The van der Waals surface area contributed by atoms with Gasteiger partial charge in [-0.2, -0.15) is 0 Å². The van der Waals surface area contributed by atoms with E-state index in [9.17, 15) is 14.3 Å². The number of hydrogen-bond donors (Lipinski definition) is 1. The summed E-state index contributed by atoms with van der Waals surface area (Å²) in [7, 11) is 0. The molecule has 0 bridgehead atoms. The van der Waals surface area contributed by atoms with Crippen LogP contribution >= 0.6 is 0 Å². The highest BCUT2D eigenvalue weighted by Gasteiger charge is 2.24. The SMILES string of the molecule is O=C(c1ncn(C[C@@H](O)c2ccc(F)cc2)n1)N1CCc2ccccc2C1. The van der Waals surface area contributed by atoms with E-state index in [1.165, 1.54) is 40.8 Å². The first kappa shape index (κ1) is 17.4. The Balaban J connectivity index is 1.43. The smallest absolute Gasteiger partial charge is 0.293 e. The van der Waals surface area contributed by atoms with E-state index in [1.54, 1.807) is 4.90 Å². The fourth-order valence-corrected chi connectivity index (χ4v) is 3.26. The Labute approximate surface area is 155 Å². The molecule has 6 nitrogen and oxygen atoms in total. The summed E-state index contributed by atoms with van der Waals surface area (Å²) in [4.78, 5) is 18.5. The largest absolute Gasteiger partial charge is 0.386 e. The number of aliphatic hydroxyl groups excluding tert-OH is 1. The summed E-state index contributed by atoms with van der Waals surface area (Å²) in [6.45, 7) is 1.30. The maximum absolute atomic E-state index is 13.0. The highest BCUT2D eigenvalue weighted by Crippen LogP contribution is 2.20. The fourth-order valence-electron chi connectivity index (χ4n) is 3.26. The van der Waals surface area contributed by atoms with Crippen LogP contribution in [0.2, 0.25) is 0 Å². The van der Waals surface area contributed by atoms with Gasteiger partial charge in [-0.1, -0.05) is 36.4 Å². The van der Waals surface area contributed by atoms with Gasteiger partial charge in [0.05, 0.1) is 12.6 Å². The van der Waals surface area contributed by atoms with Gasteiger partial charge in [0.15, 0.2) is 0 Å². The normalized spacial score (nSPS) is 14.7. The number of rotatable bonds is 4. The van der Waals surface area contributed by atoms with E-state index < -0.39 is 6.10 Å². The van der Waals surface area contributed by atoms with Crippen LogP contribution in [0.5, 0.6) is 0 Å². The van der Waals surface area contributed by atoms with Crippen LogP contribution in [0.15, 0.2) is 54.9 Å². The number of halogens is 1. The molecule has 2 heterocycles. The van der Waals surface area contributed by atoms with Crippen LogP contribution in [-0.2, 0) is 19.5 Å². The number of carbonyl (C=O) groups excluding carboxylic acids is 1. The van der Waals surface area contributed by atoms with Gasteiger partial charge in [-0.15, -0.1) is 5.10 Å². The number of carbonyl (C=O) groups is 1. The number of hydrogen-bond acceptors (Lipinski definition) is 4. The van der Waals surface area contributed by atoms with Crippen molar-refractivity contribution in [2.45, 2.75) is 25.6 Å². The van der Waals surface area contributed by atoms with E-state index in [-0.39, 0.29) is 24.1 Å². The molecule has 4 rings (SSSR count). The molecule has 1 N–H and O–H groups in total. The molecule has 0 unspecified atom stereocenters. The molecule has 0 aliphatic carbocycles. The van der Waals surface area contributed by atoms with E-state index in [0.29, 0.717) is 18.7 Å². The predicted molar refractivity (Wildman–Crippen MR) is 96.3 cm³/mol. The average Bonchev–Trinajstić information content (AvgIpc) is 3.16. The highest BCUT2D eigenvalue weighted by molar-refractivity contribution is 5.90. The van der Waals surface area contributed by atoms with Crippen LogP contribution < -0.4 is 0 Å². The second-order valence-electron chi connectivity index (χ2n) is 6.60. The van der Waals surface area contributed by atoms with Crippen LogP contribution in [0.25, 0.3) is 0 Å². The van der Waals surface area contributed by atoms with Gasteiger partial charge in [0.2, 0.25) is 5.82 Å². The lowest BCUT2D eigenvalue weighted by atomic mass is 10.00. The molecule has 138 valence electrons. The van der Waals surface area contributed by atoms with Crippen molar-refractivity contribution in [1.29, 1.82) is 0 Å². The first-order valence-corrected chi connectivity index (χ1v) is 8.79. The fraction of sp³-hybridized carbons (Fsp3) is 0.250. The van der Waals surface area contributed by atoms with Crippen LogP contribution in [0.1, 0.15) is 33.4 Å². The van der Waals surface area contributed by atoms with E-state index in [2.05, 4.69) is 16.1 Å². The number of benzene rings is 2. The Morgan fingerprint density at radius 3 is 2.67 bits per heavy atom. The molecule has 1 aliphatic rings. The van der Waals surface area contributed by atoms with Crippen LogP contribution in [0, 0.1) is 5.82 Å². The molecule has 1 amide bonds. The van der Waals surface area contributed by atoms with Gasteiger partial charge < -0.3 is 10.0 Å². The number of nitrogens with zero attached hydrogens (tertiary/aromatic N) is 4. The summed E-state index contributed by atoms with van der Waals surface area (Å²) in [5, 5.41) is 14.5. The average molecular weight is 366 g/mol. The third-order valence-electron chi connectivity index (χ3n) is 4.76. The zero-order valence-corrected chi connectivity index (χ0v) is 14.6. The lowest BCUT2D eigenvalue weighted by molar-refractivity contribution is 0.0720. The standard InChI is InChI=1S/C20H19FN4O2/c21-17-7-5-15(6-8-17)18(26)12-25-13-22-19(23-25)20(27)24-10-9-14-3-1-2-4-16(14)11-24/h1-8,13,18,26H,9-12H2/t18-/m1/s1. The van der Waals surface area contributed by atoms with Crippen molar-refractivity contribution >= 4 is 5.91 Å². The van der Waals surface area contributed by atoms with Gasteiger partial charge >= 0.3 is 0 Å². The van der Waals surface area contributed by atoms with Crippen molar-refractivity contribution in [2.24, 2.45) is 0 Å². The summed E-state index contributed by atoms with van der Waals surface area (Å²) < 4.78 is 14.4. The third kappa shape index (κ3) is 3.73. The minimum Gasteiger partial charge on any atom is -0.386 e. The Morgan fingerprint density at radius 1 is 1.15 bits per heavy atom. The first-order valence-electron chi connectivity index (χ1n) is 8.79. The zero-order chi connectivity index (χ0) is 18.8. The lowest BCUT2D eigenvalue weighted by Crippen LogP contribution is -2.36. The molecule has 27 heavy (non-hydrogen) atoms. The Hall–Kier alpha value is -3.06. The second-order valence-corrected chi connectivity index (χ2v) is 6.60.